The van der Waals surface area contributed by atoms with E-state index < -0.39 is 0 Å². The van der Waals surface area contributed by atoms with Crippen LogP contribution >= 0.6 is 0 Å². The van der Waals surface area contributed by atoms with Crippen molar-refractivity contribution >= 4 is 11.5 Å². The molecule has 0 saturated carbocycles. The van der Waals surface area contributed by atoms with Gasteiger partial charge in [0.05, 0.1) is 12.8 Å². The molecule has 0 atom stereocenters. The monoisotopic (exact) mass is 337 g/mol. The second-order valence-corrected chi connectivity index (χ2v) is 5.72. The summed E-state index contributed by atoms with van der Waals surface area (Å²) in [5.41, 5.74) is 1.13. The molecule has 0 amide bonds. The highest BCUT2D eigenvalue weighted by molar-refractivity contribution is 5.59. The summed E-state index contributed by atoms with van der Waals surface area (Å²) in [6.07, 6.45) is 4.69. The predicted octanol–water partition coefficient (Wildman–Crippen LogP) is 1.39. The molecular formula is C17H19N7O. The zero-order chi connectivity index (χ0) is 17.1. The fraction of sp³-hybridized carbons (Fsp3) is 0.294. The van der Waals surface area contributed by atoms with Crippen molar-refractivity contribution in [3.05, 3.63) is 49.3 Å². The van der Waals surface area contributed by atoms with E-state index in [9.17, 15) is 0 Å². The third-order valence-corrected chi connectivity index (χ3v) is 4.32. The molecule has 0 bridgehead atoms. The molecule has 0 N–H and O–H groups in total. The van der Waals surface area contributed by atoms with E-state index in [4.69, 9.17) is 4.74 Å². The number of benzene rings is 1. The maximum Gasteiger partial charge on any atom is 0.160 e. The van der Waals surface area contributed by atoms with E-state index in [-0.39, 0.29) is 0 Å². The molecule has 1 saturated heterocycles. The van der Waals surface area contributed by atoms with Crippen LogP contribution in [0.5, 0.6) is 5.75 Å². The second-order valence-electron chi connectivity index (χ2n) is 5.72. The highest BCUT2D eigenvalue weighted by Crippen LogP contribution is 2.29. The molecule has 25 heavy (non-hydrogen) atoms. The van der Waals surface area contributed by atoms with Gasteiger partial charge in [0.1, 0.15) is 30.5 Å². The predicted molar refractivity (Wildman–Crippen MR) is 94.4 cm³/mol. The van der Waals surface area contributed by atoms with Crippen LogP contribution < -0.4 is 14.5 Å². The van der Waals surface area contributed by atoms with Crippen molar-refractivity contribution in [2.24, 2.45) is 0 Å². The molecule has 0 unspecified atom stereocenters. The number of aromatic nitrogens is 5. The number of ether oxygens (including phenoxy) is 1. The normalized spacial score (nSPS) is 14.6. The number of piperazine rings is 1. The van der Waals surface area contributed by atoms with Crippen LogP contribution in [0.1, 0.15) is 0 Å². The van der Waals surface area contributed by atoms with E-state index in [1.54, 1.807) is 24.4 Å². The molecule has 1 aliphatic heterocycles. The molecule has 1 aliphatic rings. The lowest BCUT2D eigenvalue weighted by Gasteiger charge is -2.37. The Hall–Kier alpha value is -3.16. The van der Waals surface area contributed by atoms with Gasteiger partial charge in [0.25, 0.3) is 0 Å². The molecular weight excluding hydrogens is 318 g/mol. The Labute approximate surface area is 145 Å². The first-order chi connectivity index (χ1) is 12.3. The van der Waals surface area contributed by atoms with E-state index in [2.05, 4.69) is 35.9 Å². The first-order valence-electron chi connectivity index (χ1n) is 8.15. The Kier molecular flexibility index (Phi) is 4.16. The van der Waals surface area contributed by atoms with Gasteiger partial charge in [-0.2, -0.15) is 5.10 Å². The van der Waals surface area contributed by atoms with Crippen LogP contribution in [0.2, 0.25) is 0 Å². The Morgan fingerprint density at radius 1 is 0.920 bits per heavy atom. The number of methoxy groups -OCH3 is 1. The van der Waals surface area contributed by atoms with E-state index in [1.807, 2.05) is 24.3 Å². The maximum absolute atomic E-state index is 5.48. The van der Waals surface area contributed by atoms with Gasteiger partial charge in [-0.3, -0.25) is 0 Å². The first-order valence-corrected chi connectivity index (χ1v) is 8.15. The third-order valence-electron chi connectivity index (χ3n) is 4.32. The lowest BCUT2D eigenvalue weighted by Crippen LogP contribution is -2.47. The van der Waals surface area contributed by atoms with Gasteiger partial charge in [-0.05, 0) is 12.1 Å². The number of hydrogen-bond acceptors (Lipinski definition) is 7. The van der Waals surface area contributed by atoms with Gasteiger partial charge < -0.3 is 14.5 Å². The van der Waals surface area contributed by atoms with Crippen LogP contribution in [0, 0.1) is 0 Å². The van der Waals surface area contributed by atoms with Crippen LogP contribution in [-0.2, 0) is 0 Å². The lowest BCUT2D eigenvalue weighted by atomic mass is 10.2. The molecule has 3 aromatic rings. The van der Waals surface area contributed by atoms with Crippen molar-refractivity contribution in [3.8, 4) is 11.6 Å². The largest absolute Gasteiger partial charge is 0.495 e. The fourth-order valence-electron chi connectivity index (χ4n) is 3.03. The number of hydrogen-bond donors (Lipinski definition) is 0. The fourth-order valence-corrected chi connectivity index (χ4v) is 3.03. The summed E-state index contributed by atoms with van der Waals surface area (Å²) in [5.74, 6) is 2.53. The van der Waals surface area contributed by atoms with E-state index in [1.165, 1.54) is 6.33 Å². The molecule has 2 aromatic heterocycles. The molecule has 1 fully saturated rings. The van der Waals surface area contributed by atoms with Crippen LogP contribution in [0.25, 0.3) is 5.82 Å². The van der Waals surface area contributed by atoms with Gasteiger partial charge in [0.2, 0.25) is 0 Å². The van der Waals surface area contributed by atoms with E-state index >= 15 is 0 Å². The highest BCUT2D eigenvalue weighted by atomic mass is 16.5. The number of anilines is 2. The summed E-state index contributed by atoms with van der Waals surface area (Å²) in [6, 6.07) is 10.1. The Balaban J connectivity index is 1.48. The minimum atomic E-state index is 0.717. The Morgan fingerprint density at radius 3 is 2.44 bits per heavy atom. The SMILES string of the molecule is COc1ccccc1N1CCN(c2cc(-n3cncn3)ncn2)CC1. The van der Waals surface area contributed by atoms with Crippen LogP contribution in [0.3, 0.4) is 0 Å². The molecule has 3 heterocycles. The number of rotatable bonds is 4. The van der Waals surface area contributed by atoms with Crippen molar-refractivity contribution in [1.29, 1.82) is 0 Å². The molecule has 128 valence electrons. The third kappa shape index (κ3) is 3.10. The molecule has 4 rings (SSSR count). The van der Waals surface area contributed by atoms with Crippen molar-refractivity contribution < 1.29 is 4.74 Å². The Morgan fingerprint density at radius 2 is 1.68 bits per heavy atom. The quantitative estimate of drug-likeness (QED) is 0.712. The van der Waals surface area contributed by atoms with E-state index in [0.29, 0.717) is 0 Å². The zero-order valence-electron chi connectivity index (χ0n) is 14.0. The lowest BCUT2D eigenvalue weighted by molar-refractivity contribution is 0.413. The summed E-state index contributed by atoms with van der Waals surface area (Å²) in [6.45, 7) is 3.57. The molecule has 0 spiro atoms. The van der Waals surface area contributed by atoms with Gasteiger partial charge in [0.15, 0.2) is 5.82 Å². The molecule has 0 aliphatic carbocycles. The molecule has 1 aromatic carbocycles. The van der Waals surface area contributed by atoms with Crippen LogP contribution in [0.15, 0.2) is 49.3 Å². The van der Waals surface area contributed by atoms with Gasteiger partial charge in [-0.15, -0.1) is 0 Å². The number of para-hydroxylation sites is 2. The maximum atomic E-state index is 5.48. The zero-order valence-corrected chi connectivity index (χ0v) is 14.0. The van der Waals surface area contributed by atoms with Gasteiger partial charge >= 0.3 is 0 Å². The summed E-state index contributed by atoms with van der Waals surface area (Å²) < 4.78 is 7.11. The van der Waals surface area contributed by atoms with Crippen molar-refractivity contribution in [2.45, 2.75) is 0 Å². The minimum absolute atomic E-state index is 0.717. The van der Waals surface area contributed by atoms with Crippen molar-refractivity contribution in [3.63, 3.8) is 0 Å². The molecule has 8 nitrogen and oxygen atoms in total. The summed E-state index contributed by atoms with van der Waals surface area (Å²) >= 11 is 0. The molecule has 0 radical (unpaired) electrons. The van der Waals surface area contributed by atoms with Gasteiger partial charge in [0, 0.05) is 32.2 Å². The first kappa shape index (κ1) is 15.4. The van der Waals surface area contributed by atoms with Crippen molar-refractivity contribution in [2.75, 3.05) is 43.1 Å². The summed E-state index contributed by atoms with van der Waals surface area (Å²) in [4.78, 5) is 17.2. The summed E-state index contributed by atoms with van der Waals surface area (Å²) in [7, 11) is 1.71. The smallest absolute Gasteiger partial charge is 0.160 e. The average Bonchev–Trinajstić information content (AvgIpc) is 3.23. The number of nitrogens with zero attached hydrogens (tertiary/aromatic N) is 7. The van der Waals surface area contributed by atoms with Crippen LogP contribution in [0.4, 0.5) is 11.5 Å². The Bertz CT molecular complexity index is 829. The summed E-state index contributed by atoms with van der Waals surface area (Å²) in [5, 5.41) is 4.12. The second kappa shape index (κ2) is 6.76. The van der Waals surface area contributed by atoms with Crippen LogP contribution in [-0.4, -0.2) is 58.0 Å². The topological polar surface area (TPSA) is 72.2 Å². The average molecular weight is 337 g/mol. The molecule has 8 heteroatoms. The highest BCUT2D eigenvalue weighted by Gasteiger charge is 2.20. The standard InChI is InChI=1S/C17H19N7O/c1-25-15-5-3-2-4-14(15)22-6-8-23(9-7-22)16-10-17(20-12-19-16)24-13-18-11-21-24/h2-5,10-13H,6-9H2,1H3. The van der Waals surface area contributed by atoms with Crippen molar-refractivity contribution in [1.82, 2.24) is 24.7 Å². The minimum Gasteiger partial charge on any atom is -0.495 e. The van der Waals surface area contributed by atoms with E-state index in [0.717, 1.165) is 49.3 Å². The van der Waals surface area contributed by atoms with Gasteiger partial charge in [-0.25, -0.2) is 19.6 Å². The van der Waals surface area contributed by atoms with Gasteiger partial charge in [-0.1, -0.05) is 12.1 Å².